The molecule has 1 aromatic heterocycles. The number of aliphatic hydroxyl groups is 1. The molecular weight excluding hydrogens is 282 g/mol. The van der Waals surface area contributed by atoms with Crippen molar-refractivity contribution in [3.8, 4) is 0 Å². The fourth-order valence-electron chi connectivity index (χ4n) is 2.40. The van der Waals surface area contributed by atoms with Gasteiger partial charge in [0, 0.05) is 17.5 Å². The summed E-state index contributed by atoms with van der Waals surface area (Å²) in [7, 11) is 0. The van der Waals surface area contributed by atoms with Gasteiger partial charge in [-0.3, -0.25) is 14.9 Å². The van der Waals surface area contributed by atoms with E-state index in [0.29, 0.717) is 22.8 Å². The van der Waals surface area contributed by atoms with E-state index >= 15 is 0 Å². The zero-order valence-corrected chi connectivity index (χ0v) is 11.9. The number of piperidine rings is 1. The molecule has 20 heavy (non-hydrogen) atoms. The Morgan fingerprint density at radius 1 is 1.65 bits per heavy atom. The van der Waals surface area contributed by atoms with Crippen LogP contribution in [0.15, 0.2) is 6.07 Å². The fourth-order valence-corrected chi connectivity index (χ4v) is 3.54. The van der Waals surface area contributed by atoms with E-state index in [4.69, 9.17) is 5.73 Å². The van der Waals surface area contributed by atoms with E-state index in [-0.39, 0.29) is 5.69 Å². The molecule has 2 rings (SSSR count). The third kappa shape index (κ3) is 2.75. The average molecular weight is 299 g/mol. The Morgan fingerprint density at radius 2 is 2.35 bits per heavy atom. The quantitative estimate of drug-likeness (QED) is 0.647. The van der Waals surface area contributed by atoms with Gasteiger partial charge < -0.3 is 15.7 Å². The molecule has 0 spiro atoms. The van der Waals surface area contributed by atoms with E-state index in [0.717, 1.165) is 24.2 Å². The predicted octanol–water partition coefficient (Wildman–Crippen LogP) is 1.55. The minimum absolute atomic E-state index is 0.0703. The molecule has 2 heterocycles. The van der Waals surface area contributed by atoms with Crippen LogP contribution < -0.4 is 10.6 Å². The minimum atomic E-state index is -0.774. The van der Waals surface area contributed by atoms with E-state index in [1.165, 1.54) is 6.07 Å². The second kappa shape index (κ2) is 5.76. The molecule has 0 aromatic carbocycles. The first-order chi connectivity index (χ1) is 9.41. The monoisotopic (exact) mass is 299 g/mol. The Morgan fingerprint density at radius 3 is 2.90 bits per heavy atom. The number of hydrogen-bond acceptors (Lipinski definition) is 6. The van der Waals surface area contributed by atoms with Crippen molar-refractivity contribution in [3.05, 3.63) is 21.1 Å². The lowest BCUT2D eigenvalue weighted by atomic mass is 10.0. The maximum atomic E-state index is 11.5. The van der Waals surface area contributed by atoms with Crippen LogP contribution in [0.2, 0.25) is 0 Å². The first kappa shape index (κ1) is 14.7. The molecule has 1 saturated heterocycles. The van der Waals surface area contributed by atoms with Crippen LogP contribution in [-0.4, -0.2) is 28.5 Å². The van der Waals surface area contributed by atoms with Gasteiger partial charge in [0.25, 0.3) is 0 Å². The van der Waals surface area contributed by atoms with Crippen molar-refractivity contribution in [1.29, 1.82) is 0 Å². The Bertz CT molecular complexity index is 529. The van der Waals surface area contributed by atoms with Crippen LogP contribution in [0.25, 0.3) is 0 Å². The van der Waals surface area contributed by atoms with Crippen molar-refractivity contribution in [2.45, 2.75) is 38.3 Å². The number of hydrogen-bond donors (Lipinski definition) is 2. The van der Waals surface area contributed by atoms with Crippen LogP contribution in [0.4, 0.5) is 10.7 Å². The van der Waals surface area contributed by atoms with Crippen LogP contribution in [0.3, 0.4) is 0 Å². The van der Waals surface area contributed by atoms with Gasteiger partial charge in [-0.25, -0.2) is 0 Å². The van der Waals surface area contributed by atoms with Gasteiger partial charge in [-0.05, 0) is 26.2 Å². The van der Waals surface area contributed by atoms with E-state index in [1.807, 2.05) is 0 Å². The van der Waals surface area contributed by atoms with Gasteiger partial charge in [-0.2, -0.15) is 0 Å². The van der Waals surface area contributed by atoms with Crippen molar-refractivity contribution in [2.75, 3.05) is 11.4 Å². The molecule has 1 aliphatic heterocycles. The molecular formula is C12H17N3O4S. The van der Waals surface area contributed by atoms with Gasteiger partial charge in [0.05, 0.1) is 11.0 Å². The van der Waals surface area contributed by atoms with Crippen LogP contribution in [-0.2, 0) is 4.79 Å². The number of carbonyl (C=O) groups excluding carboxylic acids is 1. The second-order valence-electron chi connectivity index (χ2n) is 4.88. The first-order valence-electron chi connectivity index (χ1n) is 6.44. The summed E-state index contributed by atoms with van der Waals surface area (Å²) < 4.78 is 0. The highest BCUT2D eigenvalue weighted by Crippen LogP contribution is 2.42. The first-order valence-corrected chi connectivity index (χ1v) is 7.25. The van der Waals surface area contributed by atoms with Gasteiger partial charge >= 0.3 is 5.69 Å². The fraction of sp³-hybridized carbons (Fsp3) is 0.583. The lowest BCUT2D eigenvalue weighted by Gasteiger charge is -2.33. The summed E-state index contributed by atoms with van der Waals surface area (Å²) in [5.41, 5.74) is 5.32. The zero-order valence-electron chi connectivity index (χ0n) is 11.1. The van der Waals surface area contributed by atoms with Crippen molar-refractivity contribution in [1.82, 2.24) is 0 Å². The molecule has 2 atom stereocenters. The van der Waals surface area contributed by atoms with Gasteiger partial charge in [0.15, 0.2) is 5.00 Å². The molecule has 7 nitrogen and oxygen atoms in total. The van der Waals surface area contributed by atoms with Crippen LogP contribution >= 0.6 is 11.3 Å². The van der Waals surface area contributed by atoms with Gasteiger partial charge in [0.2, 0.25) is 5.91 Å². The molecule has 0 radical (unpaired) electrons. The van der Waals surface area contributed by atoms with E-state index < -0.39 is 23.0 Å². The SMILES string of the molecule is C[C@@H](O)c1cc([N+](=O)[O-])c(N2CCCCC2C(N)=O)s1. The number of nitrogens with zero attached hydrogens (tertiary/aromatic N) is 2. The smallest absolute Gasteiger partial charge is 0.304 e. The minimum Gasteiger partial charge on any atom is -0.388 e. The molecule has 1 aliphatic rings. The van der Waals surface area contributed by atoms with Gasteiger partial charge in [-0.1, -0.05) is 0 Å². The summed E-state index contributed by atoms with van der Waals surface area (Å²) in [4.78, 5) is 24.4. The van der Waals surface area contributed by atoms with Crippen LogP contribution in [0.5, 0.6) is 0 Å². The van der Waals surface area contributed by atoms with Crippen LogP contribution in [0, 0.1) is 10.1 Å². The third-order valence-electron chi connectivity index (χ3n) is 3.41. The number of amides is 1. The molecule has 1 unspecified atom stereocenters. The lowest BCUT2D eigenvalue weighted by molar-refractivity contribution is -0.383. The largest absolute Gasteiger partial charge is 0.388 e. The summed E-state index contributed by atoms with van der Waals surface area (Å²) in [6.45, 7) is 2.12. The highest BCUT2D eigenvalue weighted by molar-refractivity contribution is 7.16. The highest BCUT2D eigenvalue weighted by Gasteiger charge is 2.33. The Kier molecular flexibility index (Phi) is 4.24. The number of primary amides is 1. The van der Waals surface area contributed by atoms with Gasteiger partial charge in [0.1, 0.15) is 6.04 Å². The lowest BCUT2D eigenvalue weighted by Crippen LogP contribution is -2.47. The number of aliphatic hydroxyl groups excluding tert-OH is 1. The molecule has 0 bridgehead atoms. The molecule has 1 amide bonds. The molecule has 1 fully saturated rings. The standard InChI is InChI=1S/C12H17N3O4S/c1-7(16)10-6-9(15(18)19)12(20-10)14-5-3-2-4-8(14)11(13)17/h6-8,16H,2-5H2,1H3,(H2,13,17)/t7-,8?/m1/s1. The van der Waals surface area contributed by atoms with Crippen molar-refractivity contribution in [2.24, 2.45) is 5.73 Å². The number of nitrogens with two attached hydrogens (primary N) is 1. The molecule has 8 heteroatoms. The van der Waals surface area contributed by atoms with Gasteiger partial charge in [-0.15, -0.1) is 11.3 Å². The number of thiophene rings is 1. The maximum absolute atomic E-state index is 11.5. The van der Waals surface area contributed by atoms with E-state index in [9.17, 15) is 20.0 Å². The molecule has 0 saturated carbocycles. The van der Waals surface area contributed by atoms with E-state index in [1.54, 1.807) is 11.8 Å². The summed E-state index contributed by atoms with van der Waals surface area (Å²) in [5, 5.41) is 21.2. The Balaban J connectivity index is 2.43. The topological polar surface area (TPSA) is 110 Å². The second-order valence-corrected chi connectivity index (χ2v) is 5.94. The summed E-state index contributed by atoms with van der Waals surface area (Å²) in [5.74, 6) is -0.467. The van der Waals surface area contributed by atoms with E-state index in [2.05, 4.69) is 0 Å². The number of anilines is 1. The third-order valence-corrected chi connectivity index (χ3v) is 4.74. The summed E-state index contributed by atoms with van der Waals surface area (Å²) >= 11 is 1.15. The Hall–Kier alpha value is -1.67. The highest BCUT2D eigenvalue weighted by atomic mass is 32.1. The predicted molar refractivity (Wildman–Crippen MR) is 75.8 cm³/mol. The van der Waals surface area contributed by atoms with Crippen LogP contribution in [0.1, 0.15) is 37.2 Å². The molecule has 110 valence electrons. The van der Waals surface area contributed by atoms with Crippen molar-refractivity contribution < 1.29 is 14.8 Å². The Labute approximate surface area is 120 Å². The molecule has 0 aliphatic carbocycles. The molecule has 3 N–H and O–H groups in total. The molecule has 1 aromatic rings. The zero-order chi connectivity index (χ0) is 14.9. The number of carbonyl (C=O) groups is 1. The number of nitro groups is 1. The normalized spacial score (nSPS) is 20.7. The average Bonchev–Trinajstić information content (AvgIpc) is 2.83. The number of rotatable bonds is 4. The van der Waals surface area contributed by atoms with Crippen molar-refractivity contribution >= 4 is 27.9 Å². The summed E-state index contributed by atoms with van der Waals surface area (Å²) in [6.07, 6.45) is 1.58. The summed E-state index contributed by atoms with van der Waals surface area (Å²) in [6, 6.07) is 0.861. The van der Waals surface area contributed by atoms with Crippen molar-refractivity contribution in [3.63, 3.8) is 0 Å². The maximum Gasteiger partial charge on any atom is 0.304 e.